The molecule has 0 atom stereocenters. The summed E-state index contributed by atoms with van der Waals surface area (Å²) >= 11 is 0. The fourth-order valence-corrected chi connectivity index (χ4v) is 7.02. The lowest BCUT2D eigenvalue weighted by Gasteiger charge is -2.22. The minimum atomic E-state index is 1.07. The summed E-state index contributed by atoms with van der Waals surface area (Å²) in [5.74, 6) is 0. The van der Waals surface area contributed by atoms with Crippen molar-refractivity contribution in [1.82, 2.24) is 0 Å². The van der Waals surface area contributed by atoms with Crippen LogP contribution in [0.1, 0.15) is 0 Å². The minimum absolute atomic E-state index is 1.07. The normalized spacial score (nSPS) is 11.5. The molecule has 0 fully saturated rings. The molecule has 1 aliphatic heterocycles. The highest BCUT2D eigenvalue weighted by Gasteiger charge is 2.19. The summed E-state index contributed by atoms with van der Waals surface area (Å²) in [6, 6.07) is 65.5. The number of hydrogen-bond donors (Lipinski definition) is 2. The molecule has 0 aromatic heterocycles. The van der Waals surface area contributed by atoms with Gasteiger partial charge in [-0.3, -0.25) is 0 Å². The summed E-state index contributed by atoms with van der Waals surface area (Å²) < 4.78 is 0. The van der Waals surface area contributed by atoms with Crippen molar-refractivity contribution >= 4 is 33.5 Å². The predicted octanol–water partition coefficient (Wildman–Crippen LogP) is 13.0. The molecule has 8 aromatic carbocycles. The molecule has 0 spiro atoms. The van der Waals surface area contributed by atoms with E-state index in [0.29, 0.717) is 0 Å². The van der Waals surface area contributed by atoms with E-state index in [1.165, 1.54) is 60.8 Å². The van der Waals surface area contributed by atoms with Gasteiger partial charge in [0.1, 0.15) is 0 Å². The molecular formula is C46H32N2. The van der Waals surface area contributed by atoms with Crippen LogP contribution >= 0.6 is 0 Å². The molecule has 226 valence electrons. The minimum Gasteiger partial charge on any atom is -0.355 e. The van der Waals surface area contributed by atoms with Crippen molar-refractivity contribution in [2.75, 3.05) is 10.6 Å². The average molecular weight is 613 g/mol. The third kappa shape index (κ3) is 5.10. The molecular weight excluding hydrogens is 581 g/mol. The Morgan fingerprint density at radius 3 is 1.73 bits per heavy atom. The first-order valence-electron chi connectivity index (χ1n) is 16.4. The van der Waals surface area contributed by atoms with Gasteiger partial charge in [0, 0.05) is 39.4 Å². The van der Waals surface area contributed by atoms with Crippen LogP contribution in [0.25, 0.3) is 66.4 Å². The Morgan fingerprint density at radius 2 is 0.896 bits per heavy atom. The molecule has 2 bridgehead atoms. The molecule has 8 aromatic rings. The Bertz CT molecular complexity index is 2460. The smallest absolute Gasteiger partial charge is 0.0470 e. The zero-order valence-corrected chi connectivity index (χ0v) is 26.3. The van der Waals surface area contributed by atoms with Crippen LogP contribution in [0.2, 0.25) is 0 Å². The molecule has 48 heavy (non-hydrogen) atoms. The van der Waals surface area contributed by atoms with Crippen LogP contribution in [-0.2, 0) is 0 Å². The number of fused-ring (bicyclic) bond motifs is 9. The second-order valence-electron chi connectivity index (χ2n) is 12.4. The number of benzene rings is 8. The van der Waals surface area contributed by atoms with Gasteiger partial charge in [0.15, 0.2) is 0 Å². The average Bonchev–Trinajstić information content (AvgIpc) is 3.15. The standard InChI is InChI=1S/C46H32N2/c1-2-17-38(18-3-1)47-44-23-10-8-20-40(44)34-16-12-15-31(25-34)35-26-36-28-37(27-35)41-21-9-11-24-45(41)48-46-30-33-14-5-4-13-32(33)29-43(46)42-22-7-6-19-39(36)42/h1-30,47-48H. The van der Waals surface area contributed by atoms with Crippen LogP contribution in [0, 0.1) is 0 Å². The first-order valence-corrected chi connectivity index (χ1v) is 16.4. The maximum atomic E-state index is 3.86. The third-order valence-corrected chi connectivity index (χ3v) is 9.34. The van der Waals surface area contributed by atoms with Crippen molar-refractivity contribution in [3.63, 3.8) is 0 Å². The molecule has 0 amide bonds. The van der Waals surface area contributed by atoms with Crippen LogP contribution in [0.4, 0.5) is 22.7 Å². The van der Waals surface area contributed by atoms with E-state index in [1.54, 1.807) is 0 Å². The number of hydrogen-bond acceptors (Lipinski definition) is 2. The van der Waals surface area contributed by atoms with Gasteiger partial charge in [-0.2, -0.15) is 0 Å². The fraction of sp³-hybridized carbons (Fsp3) is 0. The van der Waals surface area contributed by atoms with Crippen LogP contribution in [0.15, 0.2) is 182 Å². The Morgan fingerprint density at radius 1 is 0.312 bits per heavy atom. The van der Waals surface area contributed by atoms with E-state index in [9.17, 15) is 0 Å². The second-order valence-corrected chi connectivity index (χ2v) is 12.4. The van der Waals surface area contributed by atoms with Gasteiger partial charge in [-0.25, -0.2) is 0 Å². The summed E-state index contributed by atoms with van der Waals surface area (Å²) in [5.41, 5.74) is 16.2. The van der Waals surface area contributed by atoms with Crippen molar-refractivity contribution in [2.45, 2.75) is 0 Å². The molecule has 9 rings (SSSR count). The molecule has 0 radical (unpaired) electrons. The summed E-state index contributed by atoms with van der Waals surface area (Å²) in [5, 5.41) is 9.94. The van der Waals surface area contributed by atoms with Crippen molar-refractivity contribution in [3.05, 3.63) is 182 Å². The van der Waals surface area contributed by atoms with Crippen molar-refractivity contribution in [2.24, 2.45) is 0 Å². The van der Waals surface area contributed by atoms with E-state index < -0.39 is 0 Å². The second kappa shape index (κ2) is 11.8. The van der Waals surface area contributed by atoms with E-state index in [0.717, 1.165) is 28.3 Å². The number of anilines is 4. The third-order valence-electron chi connectivity index (χ3n) is 9.34. The molecule has 2 N–H and O–H groups in total. The lowest BCUT2D eigenvalue weighted by Crippen LogP contribution is -1.99. The van der Waals surface area contributed by atoms with Crippen molar-refractivity contribution in [3.8, 4) is 55.6 Å². The van der Waals surface area contributed by atoms with Gasteiger partial charge in [0.2, 0.25) is 0 Å². The van der Waals surface area contributed by atoms with E-state index in [1.807, 2.05) is 6.07 Å². The Hall–Kier alpha value is -6.38. The summed E-state index contributed by atoms with van der Waals surface area (Å²) in [7, 11) is 0. The lowest BCUT2D eigenvalue weighted by molar-refractivity contribution is 1.50. The quantitative estimate of drug-likeness (QED) is 0.207. The predicted molar refractivity (Wildman–Crippen MR) is 204 cm³/mol. The van der Waals surface area contributed by atoms with Gasteiger partial charge in [-0.05, 0) is 110 Å². The summed E-state index contributed by atoms with van der Waals surface area (Å²) in [6.45, 7) is 0. The highest BCUT2D eigenvalue weighted by atomic mass is 14.9. The Labute approximate surface area is 281 Å². The van der Waals surface area contributed by atoms with Gasteiger partial charge in [-0.15, -0.1) is 0 Å². The monoisotopic (exact) mass is 612 g/mol. The molecule has 2 nitrogen and oxygen atoms in total. The molecule has 0 aliphatic carbocycles. The van der Waals surface area contributed by atoms with Gasteiger partial charge in [0.25, 0.3) is 0 Å². The molecule has 1 aliphatic rings. The number of para-hydroxylation sites is 3. The number of nitrogens with one attached hydrogen (secondary N) is 2. The maximum Gasteiger partial charge on any atom is 0.0470 e. The van der Waals surface area contributed by atoms with Crippen LogP contribution in [-0.4, -0.2) is 0 Å². The topological polar surface area (TPSA) is 24.1 Å². The SMILES string of the molecule is c1ccc(Nc2ccccc2-c2cccc(-c3cc4cc(c3)-c3ccccc3-c3cc5ccccc5cc3Nc3ccccc3-4)c2)cc1. The Kier molecular flexibility index (Phi) is 6.84. The maximum absolute atomic E-state index is 3.86. The van der Waals surface area contributed by atoms with Crippen molar-refractivity contribution in [1.29, 1.82) is 0 Å². The van der Waals surface area contributed by atoms with Gasteiger partial charge >= 0.3 is 0 Å². The van der Waals surface area contributed by atoms with Gasteiger partial charge in [0.05, 0.1) is 0 Å². The van der Waals surface area contributed by atoms with Gasteiger partial charge in [-0.1, -0.05) is 121 Å². The molecule has 0 unspecified atom stereocenters. The molecule has 0 saturated carbocycles. The van der Waals surface area contributed by atoms with Gasteiger partial charge < -0.3 is 10.6 Å². The highest BCUT2D eigenvalue weighted by molar-refractivity contribution is 6.01. The van der Waals surface area contributed by atoms with E-state index >= 15 is 0 Å². The van der Waals surface area contributed by atoms with Crippen LogP contribution in [0.5, 0.6) is 0 Å². The fourth-order valence-electron chi connectivity index (χ4n) is 7.02. The van der Waals surface area contributed by atoms with Crippen LogP contribution < -0.4 is 10.6 Å². The first kappa shape index (κ1) is 27.9. The number of rotatable bonds is 4. The Balaban J connectivity index is 1.23. The zero-order valence-electron chi connectivity index (χ0n) is 26.3. The van der Waals surface area contributed by atoms with Crippen molar-refractivity contribution < 1.29 is 0 Å². The summed E-state index contributed by atoms with van der Waals surface area (Å²) in [4.78, 5) is 0. The van der Waals surface area contributed by atoms with Crippen LogP contribution in [0.3, 0.4) is 0 Å². The van der Waals surface area contributed by atoms with E-state index in [2.05, 4.69) is 187 Å². The van der Waals surface area contributed by atoms with E-state index in [-0.39, 0.29) is 0 Å². The molecule has 1 heterocycles. The first-order chi connectivity index (χ1) is 23.8. The highest BCUT2D eigenvalue weighted by Crippen LogP contribution is 2.45. The largest absolute Gasteiger partial charge is 0.355 e. The molecule has 0 saturated heterocycles. The lowest BCUT2D eigenvalue weighted by atomic mass is 9.87. The van der Waals surface area contributed by atoms with E-state index in [4.69, 9.17) is 0 Å². The summed E-state index contributed by atoms with van der Waals surface area (Å²) in [6.07, 6.45) is 0. The molecule has 2 heteroatoms. The zero-order chi connectivity index (χ0) is 31.9.